The number of rotatable bonds is 13. The maximum atomic E-state index is 14.1. The van der Waals surface area contributed by atoms with E-state index < -0.39 is 18.2 Å². The van der Waals surface area contributed by atoms with Crippen molar-refractivity contribution in [2.45, 2.75) is 57.8 Å². The van der Waals surface area contributed by atoms with Crippen LogP contribution in [0.3, 0.4) is 0 Å². The number of halogens is 1. The zero-order valence-corrected chi connectivity index (χ0v) is 24.1. The number of aliphatic hydroxyl groups excluding tert-OH is 1. The van der Waals surface area contributed by atoms with E-state index in [1.165, 1.54) is 19.2 Å². The number of ether oxygens (including phenoxy) is 1. The van der Waals surface area contributed by atoms with E-state index in [0.29, 0.717) is 17.8 Å². The number of aromatic nitrogens is 1. The molecule has 4 aromatic rings. The first-order chi connectivity index (χ1) is 20.2. The highest BCUT2D eigenvalue weighted by molar-refractivity contribution is 6.12. The van der Waals surface area contributed by atoms with Gasteiger partial charge in [-0.1, -0.05) is 62.4 Å². The third-order valence-electron chi connectivity index (χ3n) is 7.25. The number of hydrogen-bond acceptors (Lipinski definition) is 4. The predicted molar refractivity (Wildman–Crippen MR) is 162 cm³/mol. The Kier molecular flexibility index (Phi) is 10.3. The number of nitrogens with zero attached hydrogens (tertiary/aromatic N) is 1. The van der Waals surface area contributed by atoms with Crippen LogP contribution < -0.4 is 5.32 Å². The third kappa shape index (κ3) is 7.32. The lowest BCUT2D eigenvalue weighted by Crippen LogP contribution is -2.24. The molecule has 0 spiro atoms. The molecule has 3 N–H and O–H groups in total. The first-order valence-electron chi connectivity index (χ1n) is 14.1. The average Bonchev–Trinajstić information content (AvgIpc) is 3.32. The van der Waals surface area contributed by atoms with Crippen LogP contribution in [0.2, 0.25) is 0 Å². The second-order valence-electron chi connectivity index (χ2n) is 10.6. The molecule has 0 aliphatic heterocycles. The summed E-state index contributed by atoms with van der Waals surface area (Å²) in [6.45, 7) is 4.36. The summed E-state index contributed by atoms with van der Waals surface area (Å²) < 4.78 is 21.4. The third-order valence-corrected chi connectivity index (χ3v) is 7.25. The highest BCUT2D eigenvalue weighted by Gasteiger charge is 2.31. The number of aliphatic carboxylic acids is 1. The van der Waals surface area contributed by atoms with Crippen LogP contribution in [-0.4, -0.2) is 46.0 Å². The number of benzene rings is 3. The minimum atomic E-state index is -0.998. The Bertz CT molecular complexity index is 1480. The van der Waals surface area contributed by atoms with Gasteiger partial charge in [0.2, 0.25) is 0 Å². The largest absolute Gasteiger partial charge is 0.481 e. The van der Waals surface area contributed by atoms with E-state index in [4.69, 9.17) is 4.74 Å². The summed E-state index contributed by atoms with van der Waals surface area (Å²) in [6, 6.07) is 25.0. The first-order valence-corrected chi connectivity index (χ1v) is 14.1. The van der Waals surface area contributed by atoms with Crippen molar-refractivity contribution in [1.29, 1.82) is 0 Å². The summed E-state index contributed by atoms with van der Waals surface area (Å²) in [5, 5.41) is 23.2. The van der Waals surface area contributed by atoms with Gasteiger partial charge in [0.15, 0.2) is 0 Å². The number of methoxy groups -OCH3 is 1. The number of carbonyl (C=O) groups is 2. The van der Waals surface area contributed by atoms with Crippen molar-refractivity contribution in [2.75, 3.05) is 12.4 Å². The molecule has 220 valence electrons. The van der Waals surface area contributed by atoms with Gasteiger partial charge in [0.25, 0.3) is 5.91 Å². The maximum absolute atomic E-state index is 14.1. The lowest BCUT2D eigenvalue weighted by molar-refractivity contribution is -0.140. The molecule has 0 saturated carbocycles. The summed E-state index contributed by atoms with van der Waals surface area (Å²) in [6.07, 6.45) is -1.25. The Morgan fingerprint density at radius 2 is 1.55 bits per heavy atom. The number of anilines is 1. The van der Waals surface area contributed by atoms with E-state index >= 15 is 0 Å². The van der Waals surface area contributed by atoms with E-state index in [0.717, 1.165) is 28.1 Å². The van der Waals surface area contributed by atoms with E-state index in [2.05, 4.69) is 5.32 Å². The number of hydrogen-bond donors (Lipinski definition) is 3. The summed E-state index contributed by atoms with van der Waals surface area (Å²) in [7, 11) is 1.43. The van der Waals surface area contributed by atoms with Crippen LogP contribution in [0, 0.1) is 5.82 Å². The normalized spacial score (nSPS) is 12.7. The predicted octanol–water partition coefficient (Wildman–Crippen LogP) is 6.97. The number of para-hydroxylation sites is 1. The van der Waals surface area contributed by atoms with Crippen LogP contribution in [0.1, 0.15) is 55.1 Å². The van der Waals surface area contributed by atoms with Gasteiger partial charge in [-0.05, 0) is 59.9 Å². The highest BCUT2D eigenvalue weighted by atomic mass is 19.1. The topological polar surface area (TPSA) is 101 Å². The molecule has 0 aliphatic carbocycles. The highest BCUT2D eigenvalue weighted by Crippen LogP contribution is 2.42. The molecule has 3 aromatic carbocycles. The molecule has 0 fully saturated rings. The molecule has 0 bridgehead atoms. The van der Waals surface area contributed by atoms with Crippen molar-refractivity contribution >= 4 is 17.6 Å². The molecule has 4 rings (SSSR count). The number of carboxylic acids is 1. The van der Waals surface area contributed by atoms with Crippen LogP contribution >= 0.6 is 0 Å². The Balaban J connectivity index is 1.88. The number of aliphatic hydroxyl groups is 1. The van der Waals surface area contributed by atoms with Gasteiger partial charge in [0, 0.05) is 37.0 Å². The van der Waals surface area contributed by atoms with E-state index in [-0.39, 0.29) is 36.9 Å². The second kappa shape index (κ2) is 14.1. The Labute approximate surface area is 245 Å². The van der Waals surface area contributed by atoms with Gasteiger partial charge in [0.05, 0.1) is 29.9 Å². The minimum Gasteiger partial charge on any atom is -0.481 e. The van der Waals surface area contributed by atoms with Gasteiger partial charge in [-0.15, -0.1) is 0 Å². The molecule has 8 heteroatoms. The van der Waals surface area contributed by atoms with Crippen LogP contribution in [0.5, 0.6) is 0 Å². The fraction of sp³-hybridized carbons (Fsp3) is 0.294. The van der Waals surface area contributed by atoms with Gasteiger partial charge in [-0.25, -0.2) is 4.39 Å². The smallest absolute Gasteiger partial charge is 0.305 e. The molecule has 1 aromatic heterocycles. The summed E-state index contributed by atoms with van der Waals surface area (Å²) in [5.74, 6) is -1.73. The SMILES string of the molecule is COC(CC(=O)O)CC(O)CCn1c(-c2ccc(F)cc2)c(-c2ccccc2)c(C(=O)Nc2ccccc2)c1C(C)C. The summed E-state index contributed by atoms with van der Waals surface area (Å²) in [4.78, 5) is 25.3. The summed E-state index contributed by atoms with van der Waals surface area (Å²) >= 11 is 0. The van der Waals surface area contributed by atoms with Crippen LogP contribution in [0.15, 0.2) is 84.9 Å². The van der Waals surface area contributed by atoms with Crippen molar-refractivity contribution in [3.63, 3.8) is 0 Å². The minimum absolute atomic E-state index is 0.0888. The van der Waals surface area contributed by atoms with E-state index in [1.807, 2.05) is 79.1 Å². The van der Waals surface area contributed by atoms with Crippen LogP contribution in [0.4, 0.5) is 10.1 Å². The van der Waals surface area contributed by atoms with Gasteiger partial charge < -0.3 is 24.8 Å². The van der Waals surface area contributed by atoms with Crippen molar-refractivity contribution in [3.05, 3.63) is 102 Å². The molecule has 7 nitrogen and oxygen atoms in total. The van der Waals surface area contributed by atoms with Crippen LogP contribution in [-0.2, 0) is 16.1 Å². The monoisotopic (exact) mass is 572 g/mol. The van der Waals surface area contributed by atoms with Gasteiger partial charge in [0.1, 0.15) is 5.82 Å². The van der Waals surface area contributed by atoms with E-state index in [1.54, 1.807) is 12.1 Å². The van der Waals surface area contributed by atoms with Crippen LogP contribution in [0.25, 0.3) is 22.4 Å². The van der Waals surface area contributed by atoms with Gasteiger partial charge in [-0.2, -0.15) is 0 Å². The fourth-order valence-corrected chi connectivity index (χ4v) is 5.37. The molecule has 2 atom stereocenters. The van der Waals surface area contributed by atoms with Crippen molar-refractivity contribution in [2.24, 2.45) is 0 Å². The lowest BCUT2D eigenvalue weighted by atomic mass is 9.94. The quantitative estimate of drug-likeness (QED) is 0.161. The Morgan fingerprint density at radius 3 is 2.12 bits per heavy atom. The van der Waals surface area contributed by atoms with Crippen molar-refractivity contribution in [1.82, 2.24) is 4.57 Å². The van der Waals surface area contributed by atoms with Crippen molar-refractivity contribution < 1.29 is 28.9 Å². The molecule has 0 radical (unpaired) electrons. The molecule has 1 amide bonds. The number of amides is 1. The second-order valence-corrected chi connectivity index (χ2v) is 10.6. The summed E-state index contributed by atoms with van der Waals surface area (Å²) in [5.41, 5.74) is 4.96. The molecule has 42 heavy (non-hydrogen) atoms. The van der Waals surface area contributed by atoms with Crippen molar-refractivity contribution in [3.8, 4) is 22.4 Å². The zero-order valence-electron chi connectivity index (χ0n) is 24.1. The molecule has 1 heterocycles. The standard InChI is InChI=1S/C34H37FN2O5/c1-22(2)32-31(34(41)36-26-12-8-5-9-13-26)30(23-10-6-4-7-11-23)33(24-14-16-25(35)17-15-24)37(32)19-18-27(38)20-28(42-3)21-29(39)40/h4-17,22,27-28,38H,18-21H2,1-3H3,(H,36,41)(H,39,40). The lowest BCUT2D eigenvalue weighted by Gasteiger charge is -2.21. The number of carbonyl (C=O) groups excluding carboxylic acids is 1. The molecule has 2 unspecified atom stereocenters. The Hall–Kier alpha value is -4.27. The molecular formula is C34H37FN2O5. The number of nitrogens with one attached hydrogen (secondary N) is 1. The fourth-order valence-electron chi connectivity index (χ4n) is 5.37. The maximum Gasteiger partial charge on any atom is 0.305 e. The zero-order chi connectivity index (χ0) is 30.2. The number of carboxylic acid groups (broad SMARTS) is 1. The van der Waals surface area contributed by atoms with Gasteiger partial charge >= 0.3 is 5.97 Å². The molecule has 0 saturated heterocycles. The Morgan fingerprint density at radius 1 is 0.929 bits per heavy atom. The average molecular weight is 573 g/mol. The molecular weight excluding hydrogens is 535 g/mol. The first kappa shape index (κ1) is 30.7. The van der Waals surface area contributed by atoms with Gasteiger partial charge in [-0.3, -0.25) is 9.59 Å². The molecule has 0 aliphatic rings. The van der Waals surface area contributed by atoms with E-state index in [9.17, 15) is 24.2 Å².